The summed E-state index contributed by atoms with van der Waals surface area (Å²) in [6.45, 7) is 4.60. The number of carbonyl (C=O) groups is 2. The summed E-state index contributed by atoms with van der Waals surface area (Å²) < 4.78 is 6.19. The van der Waals surface area contributed by atoms with E-state index in [2.05, 4.69) is 13.8 Å². The van der Waals surface area contributed by atoms with Gasteiger partial charge in [0.1, 0.15) is 5.60 Å². The summed E-state index contributed by atoms with van der Waals surface area (Å²) in [5, 5.41) is 9.54. The van der Waals surface area contributed by atoms with Gasteiger partial charge in [-0.25, -0.2) is 0 Å². The van der Waals surface area contributed by atoms with Gasteiger partial charge >= 0.3 is 11.9 Å². The number of unbranched alkanes of at least 4 members (excludes halogenated alkanes) is 7. The van der Waals surface area contributed by atoms with Crippen LogP contribution < -0.4 is 0 Å². The van der Waals surface area contributed by atoms with Crippen molar-refractivity contribution in [1.82, 2.24) is 0 Å². The quantitative estimate of drug-likeness (QED) is 0.224. The van der Waals surface area contributed by atoms with E-state index in [9.17, 15) is 14.7 Å². The summed E-state index contributed by atoms with van der Waals surface area (Å²) in [6, 6.07) is 0. The Balaban J connectivity index is 1.71. The van der Waals surface area contributed by atoms with E-state index >= 15 is 0 Å². The van der Waals surface area contributed by atoms with Crippen molar-refractivity contribution in [3.63, 3.8) is 0 Å². The molecule has 2 aliphatic carbocycles. The lowest BCUT2D eigenvalue weighted by Gasteiger charge is -2.39. The third-order valence-corrected chi connectivity index (χ3v) is 7.63. The van der Waals surface area contributed by atoms with Gasteiger partial charge in [-0.15, -0.1) is 0 Å². The number of carboxylic acids is 1. The Bertz CT molecular complexity index is 521. The molecule has 2 saturated carbocycles. The van der Waals surface area contributed by atoms with Gasteiger partial charge in [-0.05, 0) is 57.3 Å². The first-order valence-electron chi connectivity index (χ1n) is 13.4. The monoisotopic (exact) mass is 436 g/mol. The largest absolute Gasteiger partial charge is 0.481 e. The van der Waals surface area contributed by atoms with Crippen LogP contribution in [-0.4, -0.2) is 22.6 Å². The van der Waals surface area contributed by atoms with E-state index in [1.165, 1.54) is 57.8 Å². The number of carbonyl (C=O) groups excluding carboxylic acids is 1. The second-order valence-electron chi connectivity index (χ2n) is 10.8. The molecule has 0 aromatic heterocycles. The van der Waals surface area contributed by atoms with Gasteiger partial charge in [-0.2, -0.15) is 0 Å². The SMILES string of the molecule is CC(C)CCCCCCCCCCC1(OC(=O)C2CCCCC2C(=O)O)CCCCC1. The van der Waals surface area contributed by atoms with Gasteiger partial charge in [0.2, 0.25) is 0 Å². The van der Waals surface area contributed by atoms with Crippen molar-refractivity contribution >= 4 is 11.9 Å². The highest BCUT2D eigenvalue weighted by molar-refractivity contribution is 5.81. The predicted molar refractivity (Wildman–Crippen MR) is 126 cm³/mol. The molecule has 0 amide bonds. The van der Waals surface area contributed by atoms with Crippen LogP contribution in [0.3, 0.4) is 0 Å². The summed E-state index contributed by atoms with van der Waals surface area (Å²) in [5.74, 6) is -1.23. The van der Waals surface area contributed by atoms with Crippen molar-refractivity contribution in [1.29, 1.82) is 0 Å². The molecule has 0 spiro atoms. The molecule has 4 heteroatoms. The van der Waals surface area contributed by atoms with Crippen molar-refractivity contribution in [2.75, 3.05) is 0 Å². The average Bonchev–Trinajstić information content (AvgIpc) is 2.75. The van der Waals surface area contributed by atoms with Gasteiger partial charge in [0.25, 0.3) is 0 Å². The Morgan fingerprint density at radius 3 is 1.94 bits per heavy atom. The predicted octanol–water partition coefficient (Wildman–Crippen LogP) is 7.68. The van der Waals surface area contributed by atoms with Crippen molar-refractivity contribution in [2.24, 2.45) is 17.8 Å². The molecule has 0 aliphatic heterocycles. The molecule has 4 nitrogen and oxygen atoms in total. The molecule has 0 bridgehead atoms. The van der Waals surface area contributed by atoms with E-state index in [0.717, 1.165) is 57.3 Å². The van der Waals surface area contributed by atoms with E-state index in [1.807, 2.05) is 0 Å². The van der Waals surface area contributed by atoms with Crippen LogP contribution in [0.4, 0.5) is 0 Å². The zero-order valence-corrected chi connectivity index (χ0v) is 20.3. The molecule has 1 N–H and O–H groups in total. The van der Waals surface area contributed by atoms with Crippen LogP contribution >= 0.6 is 0 Å². The fraction of sp³-hybridized carbons (Fsp3) is 0.926. The van der Waals surface area contributed by atoms with Crippen LogP contribution in [0.25, 0.3) is 0 Å². The van der Waals surface area contributed by atoms with E-state index in [1.54, 1.807) is 0 Å². The molecule has 0 aromatic rings. The molecular weight excluding hydrogens is 388 g/mol. The van der Waals surface area contributed by atoms with Gasteiger partial charge in [-0.3, -0.25) is 9.59 Å². The normalized spacial score (nSPS) is 23.6. The minimum absolute atomic E-state index is 0.226. The molecule has 2 rings (SSSR count). The summed E-state index contributed by atoms with van der Waals surface area (Å²) >= 11 is 0. The lowest BCUT2D eigenvalue weighted by molar-refractivity contribution is -0.176. The maximum atomic E-state index is 13.0. The lowest BCUT2D eigenvalue weighted by Crippen LogP contribution is -2.42. The van der Waals surface area contributed by atoms with Crippen molar-refractivity contribution in [3.05, 3.63) is 0 Å². The van der Waals surface area contributed by atoms with Gasteiger partial charge in [0.05, 0.1) is 11.8 Å². The summed E-state index contributed by atoms with van der Waals surface area (Å²) in [5.41, 5.74) is -0.327. The summed E-state index contributed by atoms with van der Waals surface area (Å²) in [7, 11) is 0. The fourth-order valence-corrected chi connectivity index (χ4v) is 5.66. The molecule has 2 aliphatic rings. The van der Waals surface area contributed by atoms with Crippen LogP contribution in [0.1, 0.15) is 136 Å². The summed E-state index contributed by atoms with van der Waals surface area (Å²) in [4.78, 5) is 24.6. The van der Waals surface area contributed by atoms with Gasteiger partial charge in [-0.1, -0.05) is 84.5 Å². The number of hydrogen-bond acceptors (Lipinski definition) is 3. The highest BCUT2D eigenvalue weighted by Gasteiger charge is 2.42. The van der Waals surface area contributed by atoms with E-state index in [-0.39, 0.29) is 11.6 Å². The molecule has 0 heterocycles. The maximum absolute atomic E-state index is 13.0. The zero-order valence-electron chi connectivity index (χ0n) is 20.3. The van der Waals surface area contributed by atoms with Crippen LogP contribution in [0.5, 0.6) is 0 Å². The smallest absolute Gasteiger partial charge is 0.310 e. The average molecular weight is 437 g/mol. The second-order valence-corrected chi connectivity index (χ2v) is 10.8. The zero-order chi connectivity index (χ0) is 22.5. The molecule has 31 heavy (non-hydrogen) atoms. The number of hydrogen-bond donors (Lipinski definition) is 1. The topological polar surface area (TPSA) is 63.6 Å². The summed E-state index contributed by atoms with van der Waals surface area (Å²) in [6.07, 6.45) is 21.2. The number of aliphatic carboxylic acids is 1. The number of ether oxygens (including phenoxy) is 1. The van der Waals surface area contributed by atoms with Gasteiger partial charge < -0.3 is 9.84 Å². The van der Waals surface area contributed by atoms with Crippen molar-refractivity contribution < 1.29 is 19.4 Å². The van der Waals surface area contributed by atoms with E-state index in [4.69, 9.17) is 4.74 Å². The highest BCUT2D eigenvalue weighted by atomic mass is 16.6. The first-order chi connectivity index (χ1) is 14.9. The number of carboxylic acid groups (broad SMARTS) is 1. The molecule has 2 fully saturated rings. The molecule has 180 valence electrons. The van der Waals surface area contributed by atoms with Crippen LogP contribution in [0.2, 0.25) is 0 Å². The minimum Gasteiger partial charge on any atom is -0.481 e. The molecule has 0 aromatic carbocycles. The third kappa shape index (κ3) is 9.53. The first kappa shape index (κ1) is 26.2. The van der Waals surface area contributed by atoms with E-state index in [0.29, 0.717) is 12.8 Å². The Morgan fingerprint density at radius 2 is 1.35 bits per heavy atom. The van der Waals surface area contributed by atoms with E-state index < -0.39 is 17.8 Å². The fourth-order valence-electron chi connectivity index (χ4n) is 5.66. The molecule has 0 saturated heterocycles. The Hall–Kier alpha value is -1.06. The standard InChI is InChI=1S/C27H48O4/c1-22(2)16-10-7-5-3-4-6-8-13-19-27(20-14-9-15-21-27)31-26(30)24-18-12-11-17-23(24)25(28)29/h22-24H,3-21H2,1-2H3,(H,28,29). The number of rotatable bonds is 14. The second kappa shape index (κ2) is 14.2. The van der Waals surface area contributed by atoms with Crippen molar-refractivity contribution in [2.45, 2.75) is 141 Å². The first-order valence-corrected chi connectivity index (χ1v) is 13.4. The lowest BCUT2D eigenvalue weighted by atomic mass is 9.78. The van der Waals surface area contributed by atoms with Crippen LogP contribution in [0.15, 0.2) is 0 Å². The third-order valence-electron chi connectivity index (χ3n) is 7.63. The molecule has 0 radical (unpaired) electrons. The minimum atomic E-state index is -0.830. The Kier molecular flexibility index (Phi) is 12.0. The highest BCUT2D eigenvalue weighted by Crippen LogP contribution is 2.39. The van der Waals surface area contributed by atoms with Crippen LogP contribution in [-0.2, 0) is 14.3 Å². The molecule has 2 unspecified atom stereocenters. The Morgan fingerprint density at radius 1 is 0.806 bits per heavy atom. The maximum Gasteiger partial charge on any atom is 0.310 e. The van der Waals surface area contributed by atoms with Gasteiger partial charge in [0, 0.05) is 0 Å². The molecule has 2 atom stereocenters. The van der Waals surface area contributed by atoms with Crippen LogP contribution in [0, 0.1) is 17.8 Å². The van der Waals surface area contributed by atoms with Gasteiger partial charge in [0.15, 0.2) is 0 Å². The number of esters is 1. The Labute approximate surface area is 190 Å². The van der Waals surface area contributed by atoms with Crippen molar-refractivity contribution in [3.8, 4) is 0 Å². The molecular formula is C27H48O4.